The van der Waals surface area contributed by atoms with Gasteiger partial charge in [-0.15, -0.1) is 0 Å². The van der Waals surface area contributed by atoms with Gasteiger partial charge in [0.25, 0.3) is 0 Å². The molecule has 32 heavy (non-hydrogen) atoms. The molecule has 0 unspecified atom stereocenters. The lowest BCUT2D eigenvalue weighted by atomic mass is 9.99. The molecule has 2 heterocycles. The van der Waals surface area contributed by atoms with Crippen molar-refractivity contribution in [3.05, 3.63) is 28.7 Å². The quantitative estimate of drug-likeness (QED) is 0.572. The minimum absolute atomic E-state index is 0.0650. The van der Waals surface area contributed by atoms with Crippen molar-refractivity contribution in [1.29, 1.82) is 0 Å². The van der Waals surface area contributed by atoms with Crippen LogP contribution in [0.3, 0.4) is 0 Å². The van der Waals surface area contributed by atoms with Gasteiger partial charge in [0.15, 0.2) is 5.58 Å². The van der Waals surface area contributed by atoms with E-state index in [9.17, 15) is 18.0 Å². The number of hydrogen-bond donors (Lipinski definition) is 1. The first kappa shape index (κ1) is 24.5. The van der Waals surface area contributed by atoms with Crippen molar-refractivity contribution < 1.29 is 17.6 Å². The van der Waals surface area contributed by atoms with Crippen molar-refractivity contribution >= 4 is 27.0 Å². The normalized spacial score (nSPS) is 17.8. The van der Waals surface area contributed by atoms with Gasteiger partial charge in [-0.3, -0.25) is 9.36 Å². The third-order valence-electron chi connectivity index (χ3n) is 5.96. The predicted octanol–water partition coefficient (Wildman–Crippen LogP) is 1.77. The van der Waals surface area contributed by atoms with Gasteiger partial charge in [0.1, 0.15) is 0 Å². The monoisotopic (exact) mass is 466 g/mol. The maximum Gasteiger partial charge on any atom is 0.419 e. The van der Waals surface area contributed by atoms with Crippen molar-refractivity contribution in [3.63, 3.8) is 0 Å². The number of aromatic nitrogens is 1. The molecule has 1 atom stereocenters. The molecule has 1 N–H and O–H groups in total. The zero-order chi connectivity index (χ0) is 23.3. The van der Waals surface area contributed by atoms with Crippen LogP contribution in [0.1, 0.15) is 39.5 Å². The number of sulfonamides is 1. The fourth-order valence-corrected chi connectivity index (χ4v) is 5.79. The summed E-state index contributed by atoms with van der Waals surface area (Å²) in [7, 11) is -2.23. The molecule has 1 aromatic carbocycles. The zero-order valence-electron chi connectivity index (χ0n) is 19.2. The molecule has 0 saturated carbocycles. The SMILES string of the molecule is CCCN(CCC)CCNC(=O)[C@@H]1CCCN(S(=O)(=O)c2ccc3c(c2)oc(=O)n3C)C1. The summed E-state index contributed by atoms with van der Waals surface area (Å²) in [6.07, 6.45) is 3.43. The zero-order valence-corrected chi connectivity index (χ0v) is 20.0. The van der Waals surface area contributed by atoms with Gasteiger partial charge < -0.3 is 14.6 Å². The summed E-state index contributed by atoms with van der Waals surface area (Å²) in [6.45, 7) is 8.16. The van der Waals surface area contributed by atoms with Crippen LogP contribution >= 0.6 is 0 Å². The van der Waals surface area contributed by atoms with Crippen LogP contribution in [0.25, 0.3) is 11.1 Å². The molecule has 1 amide bonds. The van der Waals surface area contributed by atoms with Gasteiger partial charge in [-0.2, -0.15) is 4.31 Å². The summed E-state index contributed by atoms with van der Waals surface area (Å²) in [5.74, 6) is -1.01. The second kappa shape index (κ2) is 10.6. The number of carbonyl (C=O) groups excluding carboxylic acids is 1. The molecular weight excluding hydrogens is 432 g/mol. The first-order valence-electron chi connectivity index (χ1n) is 11.4. The Bertz CT molecular complexity index is 1090. The van der Waals surface area contributed by atoms with Gasteiger partial charge in [-0.25, -0.2) is 13.2 Å². The maximum atomic E-state index is 13.2. The van der Waals surface area contributed by atoms with Gasteiger partial charge in [-0.1, -0.05) is 13.8 Å². The Morgan fingerprint density at radius 1 is 1.22 bits per heavy atom. The number of piperidine rings is 1. The molecule has 0 aliphatic carbocycles. The topological polar surface area (TPSA) is 105 Å². The number of oxazole rings is 1. The Balaban J connectivity index is 1.64. The van der Waals surface area contributed by atoms with Crippen molar-refractivity contribution in [2.75, 3.05) is 39.3 Å². The lowest BCUT2D eigenvalue weighted by Gasteiger charge is -2.31. The van der Waals surface area contributed by atoms with E-state index < -0.39 is 15.8 Å². The van der Waals surface area contributed by atoms with E-state index in [0.29, 0.717) is 31.4 Å². The number of rotatable bonds is 10. The van der Waals surface area contributed by atoms with Crippen LogP contribution in [0.15, 0.2) is 32.3 Å². The van der Waals surface area contributed by atoms with Crippen molar-refractivity contribution in [2.24, 2.45) is 13.0 Å². The number of amides is 1. The number of aryl methyl sites for hydroxylation is 1. The van der Waals surface area contributed by atoms with Crippen LogP contribution in [0.5, 0.6) is 0 Å². The molecular formula is C22H34N4O5S. The summed E-state index contributed by atoms with van der Waals surface area (Å²) in [5.41, 5.74) is 0.763. The summed E-state index contributed by atoms with van der Waals surface area (Å²) in [4.78, 5) is 26.8. The number of hydrogen-bond acceptors (Lipinski definition) is 6. The fourth-order valence-electron chi connectivity index (χ4n) is 4.25. The molecule has 3 rings (SSSR count). The van der Waals surface area contributed by atoms with Crippen molar-refractivity contribution in [2.45, 2.75) is 44.4 Å². The molecule has 0 radical (unpaired) electrons. The predicted molar refractivity (Wildman–Crippen MR) is 123 cm³/mol. The second-order valence-electron chi connectivity index (χ2n) is 8.39. The van der Waals surface area contributed by atoms with E-state index in [1.165, 1.54) is 21.0 Å². The van der Waals surface area contributed by atoms with Gasteiger partial charge >= 0.3 is 5.76 Å². The Morgan fingerprint density at radius 3 is 2.62 bits per heavy atom. The average Bonchev–Trinajstić information content (AvgIpc) is 3.07. The van der Waals surface area contributed by atoms with Crippen molar-refractivity contribution in [3.8, 4) is 0 Å². The number of fused-ring (bicyclic) bond motifs is 1. The Morgan fingerprint density at radius 2 is 1.94 bits per heavy atom. The van der Waals surface area contributed by atoms with Gasteiger partial charge in [0, 0.05) is 39.3 Å². The van der Waals surface area contributed by atoms with Crippen molar-refractivity contribution in [1.82, 2.24) is 19.1 Å². The minimum atomic E-state index is -3.80. The molecule has 9 nitrogen and oxygen atoms in total. The van der Waals surface area contributed by atoms with E-state index >= 15 is 0 Å². The van der Waals surface area contributed by atoms with Crippen LogP contribution in [0.2, 0.25) is 0 Å². The third kappa shape index (κ3) is 5.41. The average molecular weight is 467 g/mol. The molecule has 1 saturated heterocycles. The molecule has 0 spiro atoms. The second-order valence-corrected chi connectivity index (χ2v) is 10.3. The Labute approximate surface area is 189 Å². The standard InChI is InChI=1S/C22H34N4O5S/c1-4-11-25(12-5-2)14-10-23-21(27)17-7-6-13-26(16-17)32(29,30)18-8-9-19-20(15-18)31-22(28)24(19)3/h8-9,15,17H,4-7,10-14,16H2,1-3H3,(H,23,27)/t17-/m1/s1. The smallest absolute Gasteiger partial charge is 0.408 e. The van der Waals surface area contributed by atoms with Crippen LogP contribution in [0.4, 0.5) is 0 Å². The molecule has 178 valence electrons. The van der Waals surface area contributed by atoms with Gasteiger partial charge in [0.05, 0.1) is 16.3 Å². The van der Waals surface area contributed by atoms with E-state index in [0.717, 1.165) is 32.5 Å². The van der Waals surface area contributed by atoms with E-state index in [4.69, 9.17) is 4.42 Å². The highest BCUT2D eigenvalue weighted by molar-refractivity contribution is 7.89. The highest BCUT2D eigenvalue weighted by Gasteiger charge is 2.33. The summed E-state index contributed by atoms with van der Waals surface area (Å²) in [6, 6.07) is 4.43. The van der Waals surface area contributed by atoms with Gasteiger partial charge in [-0.05, 0) is 50.9 Å². The Kier molecular flexibility index (Phi) is 8.13. The fraction of sp³-hybridized carbons (Fsp3) is 0.636. The molecule has 0 bridgehead atoms. The van der Waals surface area contributed by atoms with Crippen LogP contribution < -0.4 is 11.1 Å². The lowest BCUT2D eigenvalue weighted by Crippen LogP contribution is -2.46. The third-order valence-corrected chi connectivity index (χ3v) is 7.82. The van der Waals surface area contributed by atoms with E-state index in [1.54, 1.807) is 13.1 Å². The highest BCUT2D eigenvalue weighted by Crippen LogP contribution is 2.26. The summed E-state index contributed by atoms with van der Waals surface area (Å²) < 4.78 is 34.2. The largest absolute Gasteiger partial charge is 0.419 e. The number of carbonyl (C=O) groups is 1. The van der Waals surface area contributed by atoms with Gasteiger partial charge in [0.2, 0.25) is 15.9 Å². The maximum absolute atomic E-state index is 13.2. The van der Waals surface area contributed by atoms with Crippen LogP contribution in [0, 0.1) is 5.92 Å². The van der Waals surface area contributed by atoms with E-state index in [2.05, 4.69) is 24.1 Å². The Hall–Kier alpha value is -2.17. The lowest BCUT2D eigenvalue weighted by molar-refractivity contribution is -0.126. The highest BCUT2D eigenvalue weighted by atomic mass is 32.2. The number of benzene rings is 1. The first-order valence-corrected chi connectivity index (χ1v) is 12.8. The number of nitrogens with zero attached hydrogens (tertiary/aromatic N) is 3. The minimum Gasteiger partial charge on any atom is -0.408 e. The number of nitrogens with one attached hydrogen (secondary N) is 1. The molecule has 2 aromatic rings. The molecule has 1 aromatic heterocycles. The van der Waals surface area contributed by atoms with E-state index in [-0.39, 0.29) is 28.8 Å². The summed E-state index contributed by atoms with van der Waals surface area (Å²) in [5, 5.41) is 2.99. The molecule has 10 heteroatoms. The van der Waals surface area contributed by atoms with Crippen LogP contribution in [-0.2, 0) is 21.9 Å². The molecule has 1 aliphatic heterocycles. The molecule has 1 aliphatic rings. The van der Waals surface area contributed by atoms with Crippen LogP contribution in [-0.4, -0.2) is 67.4 Å². The first-order chi connectivity index (χ1) is 15.3. The van der Waals surface area contributed by atoms with E-state index in [1.807, 2.05) is 0 Å². The molecule has 1 fully saturated rings. The summed E-state index contributed by atoms with van der Waals surface area (Å²) >= 11 is 0.